The Bertz CT molecular complexity index is 671. The number of rotatable bonds is 2. The van der Waals surface area contributed by atoms with Gasteiger partial charge in [-0.3, -0.25) is 0 Å². The van der Waals surface area contributed by atoms with Crippen LogP contribution in [0.3, 0.4) is 0 Å². The molecule has 0 saturated carbocycles. The summed E-state index contributed by atoms with van der Waals surface area (Å²) in [6.45, 7) is 0.352. The lowest BCUT2D eigenvalue weighted by Crippen LogP contribution is -2.14. The van der Waals surface area contributed by atoms with Crippen LogP contribution in [-0.2, 0) is 6.18 Å². The molecule has 1 aromatic heterocycles. The van der Waals surface area contributed by atoms with Crippen LogP contribution in [0.5, 0.6) is 17.5 Å². The molecule has 1 atom stereocenters. The number of nitrogens with zero attached hydrogens (tertiary/aromatic N) is 1. The van der Waals surface area contributed by atoms with Gasteiger partial charge in [-0.05, 0) is 30.3 Å². The lowest BCUT2D eigenvalue weighted by Gasteiger charge is -2.21. The minimum absolute atomic E-state index is 0.188. The van der Waals surface area contributed by atoms with Crippen LogP contribution in [0.4, 0.5) is 13.2 Å². The van der Waals surface area contributed by atoms with Gasteiger partial charge in [-0.1, -0.05) is 0 Å². The minimum Gasteiger partial charge on any atom is -0.477 e. The molecule has 0 spiro atoms. The Labute approximate surface area is 124 Å². The highest BCUT2D eigenvalue weighted by atomic mass is 19.4. The Morgan fingerprint density at radius 2 is 1.86 bits per heavy atom. The van der Waals surface area contributed by atoms with E-state index in [4.69, 9.17) is 9.47 Å². The number of fused-ring (bicyclic) bond motifs is 1. The van der Waals surface area contributed by atoms with Crippen LogP contribution >= 0.6 is 0 Å². The molecular weight excluding hydrogens is 299 g/mol. The van der Waals surface area contributed by atoms with Gasteiger partial charge in [-0.2, -0.15) is 18.2 Å². The highest BCUT2D eigenvalue weighted by Gasteiger charge is 2.30. The number of hydrogen-bond acceptors (Lipinski definition) is 4. The highest BCUT2D eigenvalue weighted by molar-refractivity contribution is 5.36. The summed E-state index contributed by atoms with van der Waals surface area (Å²) < 4.78 is 48.2. The maximum Gasteiger partial charge on any atom is 0.416 e. The maximum absolute atomic E-state index is 12.5. The molecule has 3 rings (SSSR count). The number of benzene rings is 1. The van der Waals surface area contributed by atoms with E-state index in [0.717, 1.165) is 12.1 Å². The molecule has 1 aliphatic rings. The molecule has 0 saturated heterocycles. The van der Waals surface area contributed by atoms with Crippen molar-refractivity contribution in [1.82, 2.24) is 4.98 Å². The lowest BCUT2D eigenvalue weighted by molar-refractivity contribution is -0.137. The molecule has 0 fully saturated rings. The van der Waals surface area contributed by atoms with Crippen LogP contribution in [0.2, 0.25) is 0 Å². The van der Waals surface area contributed by atoms with E-state index in [1.807, 2.05) is 0 Å². The van der Waals surface area contributed by atoms with E-state index < -0.39 is 17.8 Å². The van der Waals surface area contributed by atoms with Crippen molar-refractivity contribution < 1.29 is 27.8 Å². The summed E-state index contributed by atoms with van der Waals surface area (Å²) in [5, 5.41) is 9.78. The van der Waals surface area contributed by atoms with Gasteiger partial charge < -0.3 is 14.6 Å². The summed E-state index contributed by atoms with van der Waals surface area (Å²) in [5.41, 5.74) is -0.171. The molecular formula is C15H12F3NO3. The van der Waals surface area contributed by atoms with Crippen LogP contribution in [0.25, 0.3) is 0 Å². The molecule has 0 radical (unpaired) electrons. The predicted octanol–water partition coefficient (Wildman–Crippen LogP) is 3.71. The molecule has 1 unspecified atom stereocenters. The number of hydrogen-bond donors (Lipinski definition) is 1. The molecule has 22 heavy (non-hydrogen) atoms. The number of aromatic nitrogens is 1. The molecule has 1 aromatic carbocycles. The zero-order valence-electron chi connectivity index (χ0n) is 11.3. The van der Waals surface area contributed by atoms with E-state index in [-0.39, 0.29) is 17.5 Å². The fraction of sp³-hybridized carbons (Fsp3) is 0.267. The van der Waals surface area contributed by atoms with Gasteiger partial charge in [0.25, 0.3) is 0 Å². The predicted molar refractivity (Wildman–Crippen MR) is 70.8 cm³/mol. The van der Waals surface area contributed by atoms with E-state index in [1.54, 1.807) is 6.07 Å². The van der Waals surface area contributed by atoms with Crippen molar-refractivity contribution in [1.29, 1.82) is 0 Å². The standard InChI is InChI=1S/C15H12F3NO3/c16-15(17,18)9-1-3-10(4-2-9)22-13-6-5-11-12(20)7-8-21-14(11)19-13/h1-6,12,20H,7-8H2. The number of alkyl halides is 3. The largest absolute Gasteiger partial charge is 0.477 e. The molecule has 116 valence electrons. The Morgan fingerprint density at radius 1 is 1.14 bits per heavy atom. The molecule has 0 bridgehead atoms. The van der Waals surface area contributed by atoms with Crippen molar-refractivity contribution >= 4 is 0 Å². The van der Waals surface area contributed by atoms with Gasteiger partial charge in [0.15, 0.2) is 0 Å². The SMILES string of the molecule is OC1CCOc2nc(Oc3ccc(C(F)(F)F)cc3)ccc21. The quantitative estimate of drug-likeness (QED) is 0.918. The number of pyridine rings is 1. The molecule has 4 nitrogen and oxygen atoms in total. The van der Waals surface area contributed by atoms with Gasteiger partial charge in [0, 0.05) is 18.1 Å². The van der Waals surface area contributed by atoms with Crippen molar-refractivity contribution in [3.05, 3.63) is 47.5 Å². The lowest BCUT2D eigenvalue weighted by atomic mass is 10.1. The average Bonchev–Trinajstić information content (AvgIpc) is 2.47. The first kappa shape index (κ1) is 14.6. The van der Waals surface area contributed by atoms with E-state index in [0.29, 0.717) is 18.6 Å². The highest BCUT2D eigenvalue weighted by Crippen LogP contribution is 2.34. The minimum atomic E-state index is -4.38. The molecule has 0 aliphatic carbocycles. The van der Waals surface area contributed by atoms with Crippen LogP contribution in [0.1, 0.15) is 23.7 Å². The van der Waals surface area contributed by atoms with E-state index in [2.05, 4.69) is 4.98 Å². The van der Waals surface area contributed by atoms with Crippen LogP contribution in [0.15, 0.2) is 36.4 Å². The first-order valence-corrected chi connectivity index (χ1v) is 6.60. The maximum atomic E-state index is 12.5. The number of halogens is 3. The molecule has 2 aromatic rings. The summed E-state index contributed by atoms with van der Waals surface area (Å²) in [5.74, 6) is 0.701. The molecule has 7 heteroatoms. The molecule has 2 heterocycles. The third kappa shape index (κ3) is 2.99. The van der Waals surface area contributed by atoms with Crippen molar-refractivity contribution in [3.8, 4) is 17.5 Å². The second-order valence-electron chi connectivity index (χ2n) is 4.82. The van der Waals surface area contributed by atoms with Gasteiger partial charge >= 0.3 is 6.18 Å². The zero-order valence-corrected chi connectivity index (χ0v) is 11.3. The van der Waals surface area contributed by atoms with Gasteiger partial charge in [0.05, 0.1) is 18.3 Å². The summed E-state index contributed by atoms with van der Waals surface area (Å²) in [7, 11) is 0. The van der Waals surface area contributed by atoms with E-state index in [1.165, 1.54) is 18.2 Å². The topological polar surface area (TPSA) is 51.6 Å². The Morgan fingerprint density at radius 3 is 2.55 bits per heavy atom. The summed E-state index contributed by atoms with van der Waals surface area (Å²) in [6, 6.07) is 7.49. The Kier molecular flexibility index (Phi) is 3.66. The van der Waals surface area contributed by atoms with E-state index in [9.17, 15) is 18.3 Å². The van der Waals surface area contributed by atoms with Crippen LogP contribution in [0, 0.1) is 0 Å². The Hall–Kier alpha value is -2.28. The average molecular weight is 311 g/mol. The van der Waals surface area contributed by atoms with Crippen molar-refractivity contribution in [2.24, 2.45) is 0 Å². The number of aliphatic hydroxyl groups excluding tert-OH is 1. The van der Waals surface area contributed by atoms with Gasteiger partial charge in [-0.25, -0.2) is 0 Å². The molecule has 0 amide bonds. The van der Waals surface area contributed by atoms with Gasteiger partial charge in [0.1, 0.15) is 5.75 Å². The van der Waals surface area contributed by atoms with Crippen molar-refractivity contribution in [2.45, 2.75) is 18.7 Å². The third-order valence-electron chi connectivity index (χ3n) is 3.26. The third-order valence-corrected chi connectivity index (χ3v) is 3.26. The van der Waals surface area contributed by atoms with Gasteiger partial charge in [0.2, 0.25) is 11.8 Å². The second-order valence-corrected chi connectivity index (χ2v) is 4.82. The zero-order chi connectivity index (χ0) is 15.7. The normalized spacial score (nSPS) is 17.5. The monoisotopic (exact) mass is 311 g/mol. The van der Waals surface area contributed by atoms with Crippen LogP contribution in [-0.4, -0.2) is 16.7 Å². The molecule has 1 N–H and O–H groups in total. The van der Waals surface area contributed by atoms with E-state index >= 15 is 0 Å². The first-order chi connectivity index (χ1) is 10.4. The second kappa shape index (κ2) is 5.49. The smallest absolute Gasteiger partial charge is 0.416 e. The fourth-order valence-electron chi connectivity index (χ4n) is 2.12. The summed E-state index contributed by atoms with van der Waals surface area (Å²) in [4.78, 5) is 4.10. The van der Waals surface area contributed by atoms with Gasteiger partial charge in [-0.15, -0.1) is 0 Å². The van der Waals surface area contributed by atoms with Crippen LogP contribution < -0.4 is 9.47 Å². The van der Waals surface area contributed by atoms with Crippen molar-refractivity contribution in [3.63, 3.8) is 0 Å². The van der Waals surface area contributed by atoms with Crippen molar-refractivity contribution in [2.75, 3.05) is 6.61 Å². The number of ether oxygens (including phenoxy) is 2. The summed E-state index contributed by atoms with van der Waals surface area (Å²) >= 11 is 0. The first-order valence-electron chi connectivity index (χ1n) is 6.60. The Balaban J connectivity index is 1.79. The fourth-order valence-corrected chi connectivity index (χ4v) is 2.12. The molecule has 1 aliphatic heterocycles. The summed E-state index contributed by atoms with van der Waals surface area (Å²) in [6.07, 6.45) is -4.52. The number of aliphatic hydroxyl groups is 1.